The van der Waals surface area contributed by atoms with E-state index in [4.69, 9.17) is 4.74 Å². The SMILES string of the molecule is COC1=C([PH](c2ccccc2)(c2ccccc2)c2ccccc2)CCCCC1. The second-order valence-corrected chi connectivity index (χ2v) is 11.4. The van der Waals surface area contributed by atoms with Gasteiger partial charge in [-0.3, -0.25) is 0 Å². The molecule has 3 aromatic carbocycles. The monoisotopic (exact) mass is 388 g/mol. The predicted octanol–water partition coefficient (Wildman–Crippen LogP) is 5.53. The molecule has 0 amide bonds. The van der Waals surface area contributed by atoms with E-state index in [-0.39, 0.29) is 0 Å². The molecule has 1 aliphatic rings. The van der Waals surface area contributed by atoms with Gasteiger partial charge in [-0.2, -0.15) is 0 Å². The molecule has 0 aromatic heterocycles. The fraction of sp³-hybridized carbons (Fsp3) is 0.231. The summed E-state index contributed by atoms with van der Waals surface area (Å²) < 4.78 is 6.07. The summed E-state index contributed by atoms with van der Waals surface area (Å²) in [4.78, 5) is 0. The van der Waals surface area contributed by atoms with Crippen LogP contribution in [-0.4, -0.2) is 7.11 Å². The van der Waals surface area contributed by atoms with Gasteiger partial charge in [0.1, 0.15) is 0 Å². The van der Waals surface area contributed by atoms with Gasteiger partial charge in [-0.15, -0.1) is 0 Å². The predicted molar refractivity (Wildman–Crippen MR) is 124 cm³/mol. The minimum absolute atomic E-state index is 1.05. The van der Waals surface area contributed by atoms with Gasteiger partial charge in [0.05, 0.1) is 0 Å². The van der Waals surface area contributed by atoms with Crippen molar-refractivity contribution in [2.75, 3.05) is 7.11 Å². The average molecular weight is 388 g/mol. The molecule has 28 heavy (non-hydrogen) atoms. The molecule has 0 radical (unpaired) electrons. The fourth-order valence-electron chi connectivity index (χ4n) is 4.76. The topological polar surface area (TPSA) is 9.23 Å². The number of methoxy groups -OCH3 is 1. The molecule has 0 heterocycles. The first kappa shape index (κ1) is 19.0. The standard InChI is InChI=1S/C26H29OP/c1-27-25-20-12-5-13-21-26(25)28(22-14-6-2-7-15-22,23-16-8-3-9-17-23)24-18-10-4-11-19-24/h2-4,6-11,14-19,28H,5,12-13,20-21H2,1H3. The molecule has 0 spiro atoms. The third kappa shape index (κ3) is 3.40. The first-order valence-electron chi connectivity index (χ1n) is 10.3. The molecule has 0 saturated carbocycles. The van der Waals surface area contributed by atoms with Crippen LogP contribution in [0.3, 0.4) is 0 Å². The Kier molecular flexibility index (Phi) is 5.93. The second kappa shape index (κ2) is 8.76. The molecule has 0 atom stereocenters. The Hall–Kier alpha value is -2.37. The van der Waals surface area contributed by atoms with Crippen molar-refractivity contribution in [2.24, 2.45) is 0 Å². The van der Waals surface area contributed by atoms with Gasteiger partial charge >= 0.3 is 169 Å². The van der Waals surface area contributed by atoms with E-state index >= 15 is 0 Å². The van der Waals surface area contributed by atoms with Crippen molar-refractivity contribution in [3.05, 3.63) is 102 Å². The number of rotatable bonds is 5. The molecule has 144 valence electrons. The molecule has 0 N–H and O–H groups in total. The summed E-state index contributed by atoms with van der Waals surface area (Å²) in [5.41, 5.74) is 0. The van der Waals surface area contributed by atoms with Crippen molar-refractivity contribution in [1.82, 2.24) is 0 Å². The van der Waals surface area contributed by atoms with Gasteiger partial charge in [0.2, 0.25) is 0 Å². The van der Waals surface area contributed by atoms with Crippen LogP contribution in [0.25, 0.3) is 0 Å². The Balaban J connectivity index is 2.11. The van der Waals surface area contributed by atoms with E-state index < -0.39 is 7.26 Å². The quantitative estimate of drug-likeness (QED) is 0.522. The van der Waals surface area contributed by atoms with Crippen molar-refractivity contribution in [2.45, 2.75) is 32.1 Å². The van der Waals surface area contributed by atoms with Crippen LogP contribution in [0.5, 0.6) is 0 Å². The summed E-state index contributed by atoms with van der Waals surface area (Å²) in [6.07, 6.45) is 5.90. The second-order valence-electron chi connectivity index (χ2n) is 7.51. The summed E-state index contributed by atoms with van der Waals surface area (Å²) in [5, 5.41) is 5.88. The minimum atomic E-state index is -2.38. The van der Waals surface area contributed by atoms with E-state index in [9.17, 15) is 0 Å². The van der Waals surface area contributed by atoms with Crippen LogP contribution in [0.15, 0.2) is 102 Å². The van der Waals surface area contributed by atoms with E-state index in [0.717, 1.165) is 12.8 Å². The summed E-state index contributed by atoms with van der Waals surface area (Å²) >= 11 is 0. The third-order valence-corrected chi connectivity index (χ3v) is 11.0. The van der Waals surface area contributed by atoms with E-state index in [1.807, 2.05) is 7.11 Å². The van der Waals surface area contributed by atoms with Gasteiger partial charge in [0.15, 0.2) is 0 Å². The number of ether oxygens (including phenoxy) is 1. The fourth-order valence-corrected chi connectivity index (χ4v) is 10.1. The molecule has 0 aliphatic heterocycles. The number of hydrogen-bond donors (Lipinski definition) is 0. The van der Waals surface area contributed by atoms with Gasteiger partial charge in [0.25, 0.3) is 0 Å². The number of benzene rings is 3. The molecule has 3 aromatic rings. The summed E-state index contributed by atoms with van der Waals surface area (Å²) in [6, 6.07) is 33.5. The van der Waals surface area contributed by atoms with Gasteiger partial charge in [-0.05, 0) is 0 Å². The van der Waals surface area contributed by atoms with Crippen LogP contribution in [-0.2, 0) is 4.74 Å². The first-order chi connectivity index (χ1) is 13.9. The van der Waals surface area contributed by atoms with Gasteiger partial charge < -0.3 is 0 Å². The zero-order chi connectivity index (χ0) is 19.2. The summed E-state index contributed by atoms with van der Waals surface area (Å²) in [7, 11) is -0.523. The van der Waals surface area contributed by atoms with Crippen LogP contribution in [0, 0.1) is 0 Å². The maximum absolute atomic E-state index is 6.07. The Morgan fingerprint density at radius 3 is 1.43 bits per heavy atom. The number of hydrogen-bond acceptors (Lipinski definition) is 1. The molecular weight excluding hydrogens is 359 g/mol. The number of allylic oxidation sites excluding steroid dienone is 2. The molecule has 0 saturated heterocycles. The van der Waals surface area contributed by atoms with E-state index in [1.165, 1.54) is 40.9 Å². The third-order valence-electron chi connectivity index (χ3n) is 5.99. The molecule has 4 rings (SSSR count). The first-order valence-corrected chi connectivity index (χ1v) is 12.3. The van der Waals surface area contributed by atoms with Crippen molar-refractivity contribution < 1.29 is 4.74 Å². The van der Waals surface area contributed by atoms with Gasteiger partial charge in [-0.1, -0.05) is 0 Å². The van der Waals surface area contributed by atoms with Gasteiger partial charge in [-0.25, -0.2) is 0 Å². The molecule has 1 nitrogen and oxygen atoms in total. The van der Waals surface area contributed by atoms with Crippen LogP contribution in [0.2, 0.25) is 0 Å². The van der Waals surface area contributed by atoms with Crippen LogP contribution in [0.1, 0.15) is 32.1 Å². The van der Waals surface area contributed by atoms with Crippen molar-refractivity contribution in [1.29, 1.82) is 0 Å². The Labute approximate surface area is 169 Å². The van der Waals surface area contributed by atoms with E-state index in [0.29, 0.717) is 0 Å². The molecule has 0 unspecified atom stereocenters. The van der Waals surface area contributed by atoms with Crippen molar-refractivity contribution >= 4 is 23.2 Å². The van der Waals surface area contributed by atoms with Crippen molar-refractivity contribution in [3.63, 3.8) is 0 Å². The maximum atomic E-state index is 6.07. The van der Waals surface area contributed by atoms with Crippen molar-refractivity contribution in [3.8, 4) is 0 Å². The van der Waals surface area contributed by atoms with Crippen LogP contribution >= 0.6 is 7.26 Å². The molecular formula is C26H29OP. The Morgan fingerprint density at radius 1 is 0.571 bits per heavy atom. The Morgan fingerprint density at radius 2 is 1.00 bits per heavy atom. The van der Waals surface area contributed by atoms with E-state index in [2.05, 4.69) is 91.0 Å². The molecule has 0 bridgehead atoms. The van der Waals surface area contributed by atoms with Crippen LogP contribution < -0.4 is 15.9 Å². The molecule has 1 aliphatic carbocycles. The molecule has 2 heteroatoms. The zero-order valence-electron chi connectivity index (χ0n) is 16.6. The normalized spacial score (nSPS) is 15.8. The van der Waals surface area contributed by atoms with Gasteiger partial charge in [0, 0.05) is 0 Å². The molecule has 0 fully saturated rings. The van der Waals surface area contributed by atoms with E-state index in [1.54, 1.807) is 5.31 Å². The zero-order valence-corrected chi connectivity index (χ0v) is 17.6. The Bertz CT molecular complexity index is 820. The average Bonchev–Trinajstić information content (AvgIpc) is 3.03. The summed E-state index contributed by atoms with van der Waals surface area (Å²) in [5.74, 6) is 1.22. The van der Waals surface area contributed by atoms with Crippen LogP contribution in [0.4, 0.5) is 0 Å². The summed E-state index contributed by atoms with van der Waals surface area (Å²) in [6.45, 7) is 0.